The molecule has 3 aromatic carbocycles. The first kappa shape index (κ1) is 24.5. The minimum absolute atomic E-state index is 0.00933. The van der Waals surface area contributed by atoms with Crippen molar-refractivity contribution in [3.63, 3.8) is 0 Å². The molecule has 7 nitrogen and oxygen atoms in total. The van der Waals surface area contributed by atoms with Crippen molar-refractivity contribution >= 4 is 27.3 Å². The summed E-state index contributed by atoms with van der Waals surface area (Å²) >= 11 is 0. The molecule has 0 aliphatic carbocycles. The molecule has 176 valence electrons. The number of nitriles is 1. The molecule has 34 heavy (non-hydrogen) atoms. The van der Waals surface area contributed by atoms with Gasteiger partial charge in [0.1, 0.15) is 23.4 Å². The van der Waals surface area contributed by atoms with Gasteiger partial charge in [0.15, 0.2) is 0 Å². The van der Waals surface area contributed by atoms with E-state index in [1.807, 2.05) is 0 Å². The number of nitrogens with one attached hydrogen (secondary N) is 2. The Morgan fingerprint density at radius 3 is 2.24 bits per heavy atom. The summed E-state index contributed by atoms with van der Waals surface area (Å²) in [6.45, 7) is 1.30. The van der Waals surface area contributed by atoms with Gasteiger partial charge in [-0.05, 0) is 60.7 Å². The summed E-state index contributed by atoms with van der Waals surface area (Å²) in [5, 5.41) is 11.9. The molecule has 3 rings (SSSR count). The molecule has 0 saturated carbocycles. The average molecular weight is 493 g/mol. The number of sulfonamides is 1. The molecule has 0 aliphatic heterocycles. The fourth-order valence-electron chi connectivity index (χ4n) is 2.82. The lowest BCUT2D eigenvalue weighted by molar-refractivity contribution is -0.140. The predicted octanol–water partition coefficient (Wildman–Crippen LogP) is 5.27. The topological polar surface area (TPSA) is 108 Å². The van der Waals surface area contributed by atoms with Gasteiger partial charge in [-0.1, -0.05) is 0 Å². The SMILES string of the molecule is CC(=O)Nc1ccc(S(=O)(=O)Nc2ccc(Oc3ccc(F)c(C(F)(F)F)c3)c(C#N)c2)cc1. The highest BCUT2D eigenvalue weighted by atomic mass is 32.2. The van der Waals surface area contributed by atoms with Gasteiger partial charge in [0, 0.05) is 12.6 Å². The van der Waals surface area contributed by atoms with Crippen molar-refractivity contribution < 1.29 is 35.5 Å². The normalized spacial score (nSPS) is 11.4. The number of carbonyl (C=O) groups excluding carboxylic acids is 1. The minimum atomic E-state index is -4.94. The van der Waals surface area contributed by atoms with Crippen LogP contribution in [0.4, 0.5) is 28.9 Å². The third kappa shape index (κ3) is 5.81. The van der Waals surface area contributed by atoms with E-state index in [1.54, 1.807) is 6.07 Å². The summed E-state index contributed by atoms with van der Waals surface area (Å²) in [5.74, 6) is -2.33. The Morgan fingerprint density at radius 2 is 1.65 bits per heavy atom. The number of rotatable bonds is 6. The van der Waals surface area contributed by atoms with Crippen LogP contribution >= 0.6 is 0 Å². The molecule has 12 heteroatoms. The lowest BCUT2D eigenvalue weighted by Crippen LogP contribution is -2.13. The Labute approximate surface area is 191 Å². The largest absolute Gasteiger partial charge is 0.456 e. The first-order valence-electron chi connectivity index (χ1n) is 9.38. The number of alkyl halides is 3. The standard InChI is InChI=1S/C22H15F4N3O4S/c1-13(30)28-15-2-6-18(7-3-15)34(31,32)29-16-4-9-21(14(10-16)12-27)33-17-5-8-20(23)19(11-17)22(24,25)26/h2-11,29H,1H3,(H,28,30). The van der Waals surface area contributed by atoms with Crippen LogP contribution in [0.2, 0.25) is 0 Å². The third-order valence-electron chi connectivity index (χ3n) is 4.31. The van der Waals surface area contributed by atoms with Gasteiger partial charge in [-0.3, -0.25) is 9.52 Å². The number of halogens is 4. The molecular formula is C22H15F4N3O4S. The molecule has 3 aromatic rings. The van der Waals surface area contributed by atoms with Crippen molar-refractivity contribution in [1.29, 1.82) is 5.26 Å². The number of anilines is 2. The van der Waals surface area contributed by atoms with Crippen molar-refractivity contribution in [1.82, 2.24) is 0 Å². The second-order valence-corrected chi connectivity index (χ2v) is 8.56. The van der Waals surface area contributed by atoms with Crippen LogP contribution in [-0.4, -0.2) is 14.3 Å². The summed E-state index contributed by atoms with van der Waals surface area (Å²) in [5.41, 5.74) is -1.32. The maximum absolute atomic E-state index is 13.5. The lowest BCUT2D eigenvalue weighted by Gasteiger charge is -2.13. The van der Waals surface area contributed by atoms with Gasteiger partial charge in [0.05, 0.1) is 21.7 Å². The third-order valence-corrected chi connectivity index (χ3v) is 5.71. The van der Waals surface area contributed by atoms with Gasteiger partial charge in [-0.25, -0.2) is 12.8 Å². The number of ether oxygens (including phenoxy) is 1. The highest BCUT2D eigenvalue weighted by molar-refractivity contribution is 7.92. The Hall–Kier alpha value is -4.11. The molecule has 0 unspecified atom stereocenters. The zero-order valence-electron chi connectivity index (χ0n) is 17.3. The first-order valence-corrected chi connectivity index (χ1v) is 10.9. The number of hydrogen-bond acceptors (Lipinski definition) is 5. The minimum Gasteiger partial charge on any atom is -0.456 e. The van der Waals surface area contributed by atoms with E-state index in [0.717, 1.165) is 12.1 Å². The van der Waals surface area contributed by atoms with Crippen molar-refractivity contribution in [2.45, 2.75) is 18.0 Å². The van der Waals surface area contributed by atoms with Crippen LogP contribution in [0.15, 0.2) is 65.6 Å². The number of amides is 1. The Bertz CT molecular complexity index is 1380. The van der Waals surface area contributed by atoms with Gasteiger partial charge >= 0.3 is 6.18 Å². The maximum atomic E-state index is 13.5. The fraction of sp³-hybridized carbons (Fsp3) is 0.0909. The number of benzene rings is 3. The van der Waals surface area contributed by atoms with Crippen LogP contribution in [0.5, 0.6) is 11.5 Å². The smallest absolute Gasteiger partial charge is 0.419 e. The van der Waals surface area contributed by atoms with Crippen molar-refractivity contribution in [2.24, 2.45) is 0 Å². The summed E-state index contributed by atoms with van der Waals surface area (Å²) in [7, 11) is -4.06. The molecular weight excluding hydrogens is 478 g/mol. The van der Waals surface area contributed by atoms with Crippen LogP contribution in [0, 0.1) is 17.1 Å². The van der Waals surface area contributed by atoms with E-state index in [1.165, 1.54) is 43.3 Å². The van der Waals surface area contributed by atoms with Crippen LogP contribution in [-0.2, 0) is 21.0 Å². The van der Waals surface area contributed by atoms with E-state index in [9.17, 15) is 36.0 Å². The second-order valence-electron chi connectivity index (χ2n) is 6.88. The molecule has 0 aliphatic rings. The van der Waals surface area contributed by atoms with E-state index in [2.05, 4.69) is 10.0 Å². The highest BCUT2D eigenvalue weighted by Crippen LogP contribution is 2.35. The van der Waals surface area contributed by atoms with E-state index < -0.39 is 27.6 Å². The molecule has 0 atom stereocenters. The molecule has 0 spiro atoms. The highest BCUT2D eigenvalue weighted by Gasteiger charge is 2.34. The summed E-state index contributed by atoms with van der Waals surface area (Å²) in [6, 6.07) is 12.7. The van der Waals surface area contributed by atoms with Crippen molar-refractivity contribution in [3.8, 4) is 17.6 Å². The second kappa shape index (κ2) is 9.40. The van der Waals surface area contributed by atoms with Gasteiger partial charge in [-0.2, -0.15) is 18.4 Å². The first-order chi connectivity index (χ1) is 15.9. The van der Waals surface area contributed by atoms with Crippen molar-refractivity contribution in [2.75, 3.05) is 10.0 Å². The van der Waals surface area contributed by atoms with Crippen LogP contribution in [0.25, 0.3) is 0 Å². The summed E-state index contributed by atoms with van der Waals surface area (Å²) in [4.78, 5) is 11.0. The number of carbonyl (C=O) groups is 1. The molecule has 0 fully saturated rings. The molecule has 0 heterocycles. The molecule has 0 aromatic heterocycles. The van der Waals surface area contributed by atoms with E-state index in [-0.39, 0.29) is 33.6 Å². The zero-order valence-corrected chi connectivity index (χ0v) is 18.1. The average Bonchev–Trinajstić information content (AvgIpc) is 2.75. The van der Waals surface area contributed by atoms with E-state index in [0.29, 0.717) is 17.8 Å². The molecule has 0 radical (unpaired) electrons. The quantitative estimate of drug-likeness (QED) is 0.455. The van der Waals surface area contributed by atoms with Gasteiger partial charge in [-0.15, -0.1) is 0 Å². The van der Waals surface area contributed by atoms with Crippen LogP contribution in [0.1, 0.15) is 18.1 Å². The molecule has 1 amide bonds. The van der Waals surface area contributed by atoms with E-state index >= 15 is 0 Å². The zero-order chi connectivity index (χ0) is 25.1. The van der Waals surface area contributed by atoms with Gasteiger partial charge in [0.2, 0.25) is 5.91 Å². The van der Waals surface area contributed by atoms with Crippen molar-refractivity contribution in [3.05, 3.63) is 77.6 Å². The van der Waals surface area contributed by atoms with Crippen LogP contribution in [0.3, 0.4) is 0 Å². The fourth-order valence-corrected chi connectivity index (χ4v) is 3.87. The monoisotopic (exact) mass is 493 g/mol. The maximum Gasteiger partial charge on any atom is 0.419 e. The van der Waals surface area contributed by atoms with Gasteiger partial charge < -0.3 is 10.1 Å². The number of hydrogen-bond donors (Lipinski definition) is 2. The number of nitrogens with zero attached hydrogens (tertiary/aromatic N) is 1. The van der Waals surface area contributed by atoms with Gasteiger partial charge in [0.25, 0.3) is 10.0 Å². The molecule has 0 bridgehead atoms. The Morgan fingerprint density at radius 1 is 1.00 bits per heavy atom. The molecule has 2 N–H and O–H groups in total. The van der Waals surface area contributed by atoms with E-state index in [4.69, 9.17) is 4.74 Å². The summed E-state index contributed by atoms with van der Waals surface area (Å²) < 4.78 is 85.0. The Kier molecular flexibility index (Phi) is 6.78. The van der Waals surface area contributed by atoms with Crippen LogP contribution < -0.4 is 14.8 Å². The molecule has 0 saturated heterocycles. The predicted molar refractivity (Wildman–Crippen MR) is 114 cm³/mol. The lowest BCUT2D eigenvalue weighted by atomic mass is 10.1. The summed E-state index contributed by atoms with van der Waals surface area (Å²) in [6.07, 6.45) is -4.94. The Balaban J connectivity index is 1.83.